The smallest absolute Gasteiger partial charge is 0.0312 e. The zero-order valence-corrected chi connectivity index (χ0v) is 8.14. The minimum atomic E-state index is -0.0434. The molecule has 3 unspecified atom stereocenters. The Hall–Kier alpha value is -0.0800. The summed E-state index contributed by atoms with van der Waals surface area (Å²) < 4.78 is 0. The molecule has 3 aliphatic carbocycles. The van der Waals surface area contributed by atoms with Gasteiger partial charge in [-0.05, 0) is 36.5 Å². The van der Waals surface area contributed by atoms with E-state index in [4.69, 9.17) is 11.5 Å². The average molecular weight is 168 g/mol. The van der Waals surface area contributed by atoms with Crippen LogP contribution in [0, 0.1) is 17.3 Å². The van der Waals surface area contributed by atoms with E-state index in [1.807, 2.05) is 0 Å². The average Bonchev–Trinajstić information content (AvgIpc) is 2.04. The summed E-state index contributed by atoms with van der Waals surface area (Å²) in [6.07, 6.45) is 3.75. The number of rotatable bonds is 1. The first-order valence-electron chi connectivity index (χ1n) is 4.99. The van der Waals surface area contributed by atoms with Gasteiger partial charge >= 0.3 is 0 Å². The summed E-state index contributed by atoms with van der Waals surface area (Å²) in [6.45, 7) is 5.36. The molecule has 0 radical (unpaired) electrons. The van der Waals surface area contributed by atoms with Gasteiger partial charge in [0.1, 0.15) is 0 Å². The maximum Gasteiger partial charge on any atom is 0.0312 e. The summed E-state index contributed by atoms with van der Waals surface area (Å²) in [5.74, 6) is 1.60. The second kappa shape index (κ2) is 2.24. The van der Waals surface area contributed by atoms with E-state index >= 15 is 0 Å². The molecule has 2 heteroatoms. The van der Waals surface area contributed by atoms with E-state index < -0.39 is 0 Å². The first kappa shape index (κ1) is 8.52. The fourth-order valence-corrected chi connectivity index (χ4v) is 3.34. The Kier molecular flexibility index (Phi) is 1.59. The molecule has 4 N–H and O–H groups in total. The summed E-state index contributed by atoms with van der Waals surface area (Å²) in [7, 11) is 0. The van der Waals surface area contributed by atoms with Crippen LogP contribution in [-0.2, 0) is 0 Å². The molecule has 2 bridgehead atoms. The Labute approximate surface area is 74.7 Å². The van der Waals surface area contributed by atoms with E-state index in [2.05, 4.69) is 13.8 Å². The Morgan fingerprint density at radius 3 is 2.42 bits per heavy atom. The van der Waals surface area contributed by atoms with Gasteiger partial charge in [0.05, 0.1) is 0 Å². The highest BCUT2D eigenvalue weighted by molar-refractivity contribution is 5.12. The summed E-state index contributed by atoms with van der Waals surface area (Å²) in [6, 6.07) is 0. The van der Waals surface area contributed by atoms with Crippen molar-refractivity contribution in [2.24, 2.45) is 28.7 Å². The van der Waals surface area contributed by atoms with Crippen molar-refractivity contribution in [1.82, 2.24) is 0 Å². The van der Waals surface area contributed by atoms with Crippen molar-refractivity contribution in [2.75, 3.05) is 6.54 Å². The van der Waals surface area contributed by atoms with Crippen molar-refractivity contribution in [3.63, 3.8) is 0 Å². The van der Waals surface area contributed by atoms with Crippen molar-refractivity contribution in [3.05, 3.63) is 0 Å². The van der Waals surface area contributed by atoms with Crippen molar-refractivity contribution in [3.8, 4) is 0 Å². The standard InChI is InChI=1S/C10H20N2/c1-9(2)7-3-4-10(12,6-11)8(9)5-7/h7-8H,3-6,11-12H2,1-2H3. The van der Waals surface area contributed by atoms with Crippen LogP contribution in [0.2, 0.25) is 0 Å². The van der Waals surface area contributed by atoms with Crippen LogP contribution in [0.15, 0.2) is 0 Å². The lowest BCUT2D eigenvalue weighted by atomic mass is 9.43. The molecule has 0 spiro atoms. The maximum atomic E-state index is 6.29. The Bertz CT molecular complexity index is 198. The normalized spacial score (nSPS) is 50.0. The van der Waals surface area contributed by atoms with Crippen LogP contribution in [0.4, 0.5) is 0 Å². The molecule has 0 saturated heterocycles. The zero-order chi connectivity index (χ0) is 8.98. The lowest BCUT2D eigenvalue weighted by Crippen LogP contribution is -2.68. The lowest BCUT2D eigenvalue weighted by Gasteiger charge is -2.64. The third kappa shape index (κ3) is 0.826. The van der Waals surface area contributed by atoms with Gasteiger partial charge in [0, 0.05) is 12.1 Å². The Morgan fingerprint density at radius 2 is 2.08 bits per heavy atom. The molecular formula is C10H20N2. The van der Waals surface area contributed by atoms with Crippen LogP contribution in [0.5, 0.6) is 0 Å². The molecular weight excluding hydrogens is 148 g/mol. The van der Waals surface area contributed by atoms with E-state index in [1.54, 1.807) is 0 Å². The predicted molar refractivity (Wildman–Crippen MR) is 50.6 cm³/mol. The van der Waals surface area contributed by atoms with E-state index in [1.165, 1.54) is 12.8 Å². The van der Waals surface area contributed by atoms with Gasteiger partial charge in [-0.15, -0.1) is 0 Å². The van der Waals surface area contributed by atoms with Gasteiger partial charge in [0.15, 0.2) is 0 Å². The monoisotopic (exact) mass is 168 g/mol. The van der Waals surface area contributed by atoms with E-state index in [0.717, 1.165) is 12.3 Å². The molecule has 3 fully saturated rings. The molecule has 0 amide bonds. The van der Waals surface area contributed by atoms with E-state index in [9.17, 15) is 0 Å². The number of fused-ring (bicyclic) bond motifs is 2. The first-order chi connectivity index (χ1) is 5.50. The molecule has 3 saturated carbocycles. The second-order valence-electron chi connectivity index (χ2n) is 5.28. The molecule has 0 heterocycles. The highest BCUT2D eigenvalue weighted by atomic mass is 14.9. The van der Waals surface area contributed by atoms with Crippen molar-refractivity contribution >= 4 is 0 Å². The van der Waals surface area contributed by atoms with Crippen LogP contribution < -0.4 is 11.5 Å². The fourth-order valence-electron chi connectivity index (χ4n) is 3.34. The van der Waals surface area contributed by atoms with Crippen LogP contribution in [0.25, 0.3) is 0 Å². The predicted octanol–water partition coefficient (Wildman–Crippen LogP) is 1.10. The topological polar surface area (TPSA) is 52.0 Å². The molecule has 0 aromatic rings. The number of hydrogen-bond donors (Lipinski definition) is 2. The first-order valence-corrected chi connectivity index (χ1v) is 4.99. The van der Waals surface area contributed by atoms with Crippen LogP contribution in [0.3, 0.4) is 0 Å². The largest absolute Gasteiger partial charge is 0.329 e. The van der Waals surface area contributed by atoms with Crippen molar-refractivity contribution in [1.29, 1.82) is 0 Å². The minimum absolute atomic E-state index is 0.0434. The third-order valence-electron chi connectivity index (χ3n) is 4.50. The highest BCUT2D eigenvalue weighted by Crippen LogP contribution is 2.61. The fraction of sp³-hybridized carbons (Fsp3) is 1.00. The highest BCUT2D eigenvalue weighted by Gasteiger charge is 2.58. The SMILES string of the molecule is CC1(C)C2CCC(N)(CN)C1C2. The quantitative estimate of drug-likeness (QED) is 0.616. The van der Waals surface area contributed by atoms with Gasteiger partial charge in [0.25, 0.3) is 0 Å². The van der Waals surface area contributed by atoms with Gasteiger partial charge in [-0.25, -0.2) is 0 Å². The number of hydrogen-bond acceptors (Lipinski definition) is 2. The van der Waals surface area contributed by atoms with Gasteiger partial charge in [0.2, 0.25) is 0 Å². The summed E-state index contributed by atoms with van der Waals surface area (Å²) in [5, 5.41) is 0. The van der Waals surface area contributed by atoms with E-state index in [-0.39, 0.29) is 5.54 Å². The van der Waals surface area contributed by atoms with E-state index in [0.29, 0.717) is 17.9 Å². The second-order valence-corrected chi connectivity index (χ2v) is 5.28. The summed E-state index contributed by atoms with van der Waals surface area (Å²) in [5.41, 5.74) is 12.5. The molecule has 3 rings (SSSR count). The molecule has 0 aromatic heterocycles. The van der Waals surface area contributed by atoms with Gasteiger partial charge in [-0.2, -0.15) is 0 Å². The number of nitrogens with two attached hydrogens (primary N) is 2. The molecule has 0 aromatic carbocycles. The zero-order valence-electron chi connectivity index (χ0n) is 8.14. The summed E-state index contributed by atoms with van der Waals surface area (Å²) >= 11 is 0. The lowest BCUT2D eigenvalue weighted by molar-refractivity contribution is -0.114. The van der Waals surface area contributed by atoms with Crippen LogP contribution in [0.1, 0.15) is 33.1 Å². The molecule has 12 heavy (non-hydrogen) atoms. The van der Waals surface area contributed by atoms with Gasteiger partial charge in [-0.3, -0.25) is 0 Å². The molecule has 0 aliphatic heterocycles. The Balaban J connectivity index is 2.21. The molecule has 2 nitrogen and oxygen atoms in total. The van der Waals surface area contributed by atoms with Gasteiger partial charge < -0.3 is 11.5 Å². The van der Waals surface area contributed by atoms with Crippen LogP contribution >= 0.6 is 0 Å². The van der Waals surface area contributed by atoms with Crippen molar-refractivity contribution < 1.29 is 0 Å². The molecule has 70 valence electrons. The Morgan fingerprint density at radius 1 is 1.42 bits per heavy atom. The maximum absolute atomic E-state index is 6.29. The third-order valence-corrected chi connectivity index (χ3v) is 4.50. The van der Waals surface area contributed by atoms with Crippen molar-refractivity contribution in [2.45, 2.75) is 38.6 Å². The van der Waals surface area contributed by atoms with Crippen LogP contribution in [-0.4, -0.2) is 12.1 Å². The molecule has 3 atom stereocenters. The van der Waals surface area contributed by atoms with Gasteiger partial charge in [-0.1, -0.05) is 13.8 Å². The summed E-state index contributed by atoms with van der Waals surface area (Å²) in [4.78, 5) is 0. The molecule has 3 aliphatic rings. The minimum Gasteiger partial charge on any atom is -0.329 e.